The van der Waals surface area contributed by atoms with Gasteiger partial charge in [-0.25, -0.2) is 5.48 Å². The number of piperazine rings is 1. The number of hydroxylamine groups is 1. The average Bonchev–Trinajstić information content (AvgIpc) is 2.68. The number of hydrogen-bond acceptors (Lipinski definition) is 7. The molecule has 1 aromatic carbocycles. The van der Waals surface area contributed by atoms with Crippen LogP contribution in [0.2, 0.25) is 0 Å². The maximum atomic E-state index is 12.5. The van der Waals surface area contributed by atoms with Gasteiger partial charge in [0.15, 0.2) is 5.92 Å². The second-order valence-electron chi connectivity index (χ2n) is 6.63. The molecular weight excluding hydrogens is 420 g/mol. The van der Waals surface area contributed by atoms with Crippen LogP contribution in [0, 0.1) is 5.92 Å². The number of amides is 4. The van der Waals surface area contributed by atoms with Crippen molar-refractivity contribution in [3.63, 3.8) is 0 Å². The highest BCUT2D eigenvalue weighted by Gasteiger charge is 2.61. The summed E-state index contributed by atoms with van der Waals surface area (Å²) in [6, 6.07) is 8.78. The number of nitrogens with one attached hydrogen (secondary N) is 1. The van der Waals surface area contributed by atoms with Gasteiger partial charge in [-0.2, -0.15) is 12.7 Å². The van der Waals surface area contributed by atoms with Gasteiger partial charge in [0.2, 0.25) is 0 Å². The van der Waals surface area contributed by atoms with Crippen molar-refractivity contribution >= 4 is 33.9 Å². The summed E-state index contributed by atoms with van der Waals surface area (Å²) in [5, 5.41) is 0. The molecule has 13 heteroatoms. The number of carbonyl (C=O) groups excluding carboxylic acids is 4. The Balaban J connectivity index is 1.75. The molecule has 2 fully saturated rings. The summed E-state index contributed by atoms with van der Waals surface area (Å²) in [6.45, 7) is 1.88. The van der Waals surface area contributed by atoms with Crippen molar-refractivity contribution in [1.82, 2.24) is 19.6 Å². The van der Waals surface area contributed by atoms with Gasteiger partial charge in [-0.1, -0.05) is 30.3 Å². The van der Waals surface area contributed by atoms with E-state index in [1.807, 2.05) is 0 Å². The summed E-state index contributed by atoms with van der Waals surface area (Å²) in [5.41, 5.74) is 2.78. The molecule has 0 aliphatic carbocycles. The van der Waals surface area contributed by atoms with Crippen LogP contribution in [0.4, 0.5) is 0 Å². The summed E-state index contributed by atoms with van der Waals surface area (Å²) in [4.78, 5) is 56.4. The molecule has 2 aliphatic heterocycles. The SMILES string of the molecule is CCN1CCN([C@@H]2[C@@H](C(=O)NOCc3ccccc3)C(=O)N2S(=O)(=O)O)C(=O)C1=O. The fourth-order valence-corrected chi connectivity index (χ4v) is 4.17. The van der Waals surface area contributed by atoms with Gasteiger partial charge in [0.25, 0.3) is 11.8 Å². The minimum Gasteiger partial charge on any atom is -0.333 e. The molecule has 2 aliphatic rings. The first-order valence-corrected chi connectivity index (χ1v) is 10.4. The second-order valence-corrected chi connectivity index (χ2v) is 7.92. The van der Waals surface area contributed by atoms with Crippen LogP contribution in [-0.2, 0) is 40.9 Å². The van der Waals surface area contributed by atoms with Crippen molar-refractivity contribution in [2.24, 2.45) is 5.92 Å². The highest BCUT2D eigenvalue weighted by atomic mass is 32.2. The van der Waals surface area contributed by atoms with Crippen LogP contribution in [0.5, 0.6) is 0 Å². The fraction of sp³-hybridized carbons (Fsp3) is 0.412. The van der Waals surface area contributed by atoms with E-state index in [0.717, 1.165) is 10.5 Å². The smallest absolute Gasteiger partial charge is 0.333 e. The number of rotatable bonds is 7. The molecule has 2 N–H and O–H groups in total. The van der Waals surface area contributed by atoms with Crippen molar-refractivity contribution in [3.8, 4) is 0 Å². The Kier molecular flexibility index (Phi) is 6.05. The Morgan fingerprint density at radius 3 is 2.43 bits per heavy atom. The van der Waals surface area contributed by atoms with E-state index in [1.54, 1.807) is 37.3 Å². The van der Waals surface area contributed by atoms with Gasteiger partial charge in [-0.15, -0.1) is 0 Å². The van der Waals surface area contributed by atoms with Crippen molar-refractivity contribution in [1.29, 1.82) is 0 Å². The molecule has 2 heterocycles. The summed E-state index contributed by atoms with van der Waals surface area (Å²) < 4.78 is 32.6. The first-order valence-electron chi connectivity index (χ1n) is 9.03. The highest BCUT2D eigenvalue weighted by molar-refractivity contribution is 7.84. The first-order chi connectivity index (χ1) is 14.2. The largest absolute Gasteiger partial charge is 0.364 e. The molecule has 1 aromatic rings. The lowest BCUT2D eigenvalue weighted by Crippen LogP contribution is -2.75. The minimum atomic E-state index is -5.06. The standard InChI is InChI=1S/C17H20N4O8S/c1-2-19-8-9-20(17(25)16(19)24)14-12(15(23)21(14)30(26,27)28)13(22)18-29-10-11-6-4-3-5-7-11/h3-7,12,14H,2,8-10H2,1H3,(H,18,22)(H,26,27,28)/t12-,14+/m1/s1. The molecule has 0 aromatic heterocycles. The molecule has 0 radical (unpaired) electrons. The maximum absolute atomic E-state index is 12.5. The van der Waals surface area contributed by atoms with Crippen molar-refractivity contribution in [2.45, 2.75) is 19.7 Å². The number of likely N-dealkylation sites (N-methyl/N-ethyl adjacent to an activating group) is 1. The van der Waals surface area contributed by atoms with Gasteiger partial charge >= 0.3 is 22.1 Å². The molecule has 0 bridgehead atoms. The number of carbonyl (C=O) groups is 4. The van der Waals surface area contributed by atoms with Crippen LogP contribution in [0.25, 0.3) is 0 Å². The highest BCUT2D eigenvalue weighted by Crippen LogP contribution is 2.33. The van der Waals surface area contributed by atoms with Crippen molar-refractivity contribution < 1.29 is 37.0 Å². The Bertz CT molecular complexity index is 967. The van der Waals surface area contributed by atoms with Gasteiger partial charge in [-0.3, -0.25) is 28.6 Å². The third kappa shape index (κ3) is 3.99. The molecule has 0 unspecified atom stereocenters. The topological polar surface area (TPSA) is 154 Å². The second kappa shape index (κ2) is 8.38. The Labute approximate surface area is 172 Å². The Hall–Kier alpha value is -3.03. The number of benzene rings is 1. The van der Waals surface area contributed by atoms with Crippen LogP contribution in [-0.4, -0.2) is 76.5 Å². The van der Waals surface area contributed by atoms with Crippen LogP contribution in [0.3, 0.4) is 0 Å². The predicted molar refractivity (Wildman–Crippen MR) is 99.0 cm³/mol. The van der Waals surface area contributed by atoms with Gasteiger partial charge in [0.1, 0.15) is 6.17 Å². The summed E-state index contributed by atoms with van der Waals surface area (Å²) in [5.74, 6) is -5.86. The Morgan fingerprint density at radius 2 is 1.83 bits per heavy atom. The van der Waals surface area contributed by atoms with E-state index in [-0.39, 0.29) is 30.5 Å². The van der Waals surface area contributed by atoms with Gasteiger partial charge in [-0.05, 0) is 12.5 Å². The normalized spacial score (nSPS) is 22.2. The van der Waals surface area contributed by atoms with E-state index in [9.17, 15) is 32.1 Å². The van der Waals surface area contributed by atoms with Crippen LogP contribution >= 0.6 is 0 Å². The third-order valence-electron chi connectivity index (χ3n) is 4.85. The van der Waals surface area contributed by atoms with E-state index >= 15 is 0 Å². The molecule has 0 saturated carbocycles. The molecule has 2 atom stereocenters. The lowest BCUT2D eigenvalue weighted by molar-refractivity contribution is -0.178. The van der Waals surface area contributed by atoms with Crippen LogP contribution in [0.15, 0.2) is 30.3 Å². The predicted octanol–water partition coefficient (Wildman–Crippen LogP) is -1.49. The van der Waals surface area contributed by atoms with Gasteiger partial charge in [0, 0.05) is 19.6 Å². The van der Waals surface area contributed by atoms with Crippen molar-refractivity contribution in [2.75, 3.05) is 19.6 Å². The average molecular weight is 440 g/mol. The lowest BCUT2D eigenvalue weighted by atomic mass is 9.94. The number of β-lactam (4-membered cyclic amide) rings is 1. The van der Waals surface area contributed by atoms with E-state index in [2.05, 4.69) is 5.48 Å². The molecule has 2 saturated heterocycles. The molecule has 30 heavy (non-hydrogen) atoms. The van der Waals surface area contributed by atoms with E-state index < -0.39 is 46.0 Å². The summed E-state index contributed by atoms with van der Waals surface area (Å²) in [7, 11) is -5.06. The fourth-order valence-electron chi connectivity index (χ4n) is 3.32. The molecular formula is C17H20N4O8S. The molecule has 3 rings (SSSR count). The molecule has 162 valence electrons. The monoisotopic (exact) mass is 440 g/mol. The van der Waals surface area contributed by atoms with Crippen LogP contribution in [0.1, 0.15) is 12.5 Å². The zero-order valence-corrected chi connectivity index (χ0v) is 16.7. The van der Waals surface area contributed by atoms with E-state index in [4.69, 9.17) is 4.84 Å². The van der Waals surface area contributed by atoms with Gasteiger partial charge in [0.05, 0.1) is 6.61 Å². The maximum Gasteiger partial charge on any atom is 0.364 e. The molecule has 12 nitrogen and oxygen atoms in total. The zero-order valence-electron chi connectivity index (χ0n) is 15.9. The van der Waals surface area contributed by atoms with E-state index in [0.29, 0.717) is 0 Å². The number of nitrogens with zero attached hydrogens (tertiary/aromatic N) is 3. The zero-order chi connectivity index (χ0) is 22.1. The Morgan fingerprint density at radius 1 is 1.17 bits per heavy atom. The van der Waals surface area contributed by atoms with E-state index in [1.165, 1.54) is 4.90 Å². The first kappa shape index (κ1) is 21.7. The van der Waals surface area contributed by atoms with Crippen LogP contribution < -0.4 is 5.48 Å². The summed E-state index contributed by atoms with van der Waals surface area (Å²) in [6.07, 6.45) is -1.66. The lowest BCUT2D eigenvalue weighted by Gasteiger charge is -2.49. The third-order valence-corrected chi connectivity index (χ3v) is 5.74. The summed E-state index contributed by atoms with van der Waals surface area (Å²) >= 11 is 0. The van der Waals surface area contributed by atoms with Crippen molar-refractivity contribution in [3.05, 3.63) is 35.9 Å². The molecule has 4 amide bonds. The quantitative estimate of drug-likeness (QED) is 0.171. The minimum absolute atomic E-state index is 0.0151. The molecule has 0 spiro atoms. The van der Waals surface area contributed by atoms with Gasteiger partial charge < -0.3 is 9.80 Å². The number of hydrogen-bond donors (Lipinski definition) is 2.